The maximum Gasteiger partial charge on any atom is 0.329 e. The molecule has 8 heavy (non-hydrogen) atoms. The number of carbonyl (C=O) groups is 1. The van der Waals surface area contributed by atoms with Crippen LogP contribution in [0.4, 0.5) is 0 Å². The first kappa shape index (κ1) is 8.06. The summed E-state index contributed by atoms with van der Waals surface area (Å²) in [7, 11) is -4.44. The van der Waals surface area contributed by atoms with E-state index in [0.717, 1.165) is 0 Å². The Morgan fingerprint density at radius 2 is 2.00 bits per heavy atom. The van der Waals surface area contributed by atoms with E-state index in [0.29, 0.717) is 0 Å². The van der Waals surface area contributed by atoms with Crippen LogP contribution in [0.25, 0.3) is 0 Å². The molecule has 0 fully saturated rings. The van der Waals surface area contributed by atoms with E-state index < -0.39 is 15.2 Å². The van der Waals surface area contributed by atoms with E-state index in [1.165, 1.54) is 0 Å². The predicted molar refractivity (Wildman–Crippen MR) is 30.3 cm³/mol. The molecule has 0 aromatic heterocycles. The van der Waals surface area contributed by atoms with Crippen LogP contribution in [-0.4, -0.2) is 23.4 Å². The summed E-state index contributed by atoms with van der Waals surface area (Å²) in [6, 6.07) is 0. The molecule has 4 nitrogen and oxygen atoms in total. The molecule has 0 saturated heterocycles. The Morgan fingerprint density at radius 3 is 2.00 bits per heavy atom. The van der Waals surface area contributed by atoms with E-state index >= 15 is 0 Å². The molecule has 0 unspecified atom stereocenters. The predicted octanol–water partition coefficient (Wildman–Crippen LogP) is -0.204. The highest BCUT2D eigenvalue weighted by Crippen LogP contribution is 1.89. The summed E-state index contributed by atoms with van der Waals surface area (Å²) in [5.41, 5.74) is 0. The lowest BCUT2D eigenvalue weighted by Gasteiger charge is -1.84. The second-order valence-electron chi connectivity index (χ2n) is 0.981. The molecule has 0 atom stereocenters. The fourth-order valence-corrected chi connectivity index (χ4v) is 1.07. The molecular formula is C2H3BrO4S. The maximum absolute atomic E-state index is 9.95. The van der Waals surface area contributed by atoms with Crippen molar-refractivity contribution in [3.8, 4) is 0 Å². The number of rotatable bonds is 1. The Kier molecular flexibility index (Phi) is 2.58. The fourth-order valence-electron chi connectivity index (χ4n) is 0.0689. The van der Waals surface area contributed by atoms with Gasteiger partial charge in [0, 0.05) is 0 Å². The quantitative estimate of drug-likeness (QED) is 0.473. The summed E-state index contributed by atoms with van der Waals surface area (Å²) < 4.78 is 27.4. The van der Waals surface area contributed by atoms with Gasteiger partial charge < -0.3 is 0 Å². The minimum atomic E-state index is -4.44. The minimum Gasteiger partial charge on any atom is -0.280 e. The lowest BCUT2D eigenvalue weighted by atomic mass is 10.9. The second kappa shape index (κ2) is 2.56. The standard InChI is InChI=1S/C2H3BrO4S/c3-1-2(4)8(5,6)7/h1H2,(H,5,6,7). The molecule has 0 rings (SSSR count). The van der Waals surface area contributed by atoms with Crippen LogP contribution in [0.3, 0.4) is 0 Å². The number of carbonyl (C=O) groups excluding carboxylic acids is 1. The smallest absolute Gasteiger partial charge is 0.280 e. The SMILES string of the molecule is O=C(CBr)S(=O)(=O)O. The summed E-state index contributed by atoms with van der Waals surface area (Å²) in [6.07, 6.45) is 0. The lowest BCUT2D eigenvalue weighted by Crippen LogP contribution is -2.13. The van der Waals surface area contributed by atoms with E-state index in [-0.39, 0.29) is 5.33 Å². The molecule has 0 bridgehead atoms. The molecule has 0 saturated carbocycles. The van der Waals surface area contributed by atoms with Crippen LogP contribution < -0.4 is 0 Å². The second-order valence-corrected chi connectivity index (χ2v) is 2.95. The highest BCUT2D eigenvalue weighted by atomic mass is 79.9. The normalized spacial score (nSPS) is 11.2. The van der Waals surface area contributed by atoms with Gasteiger partial charge in [0.1, 0.15) is 0 Å². The van der Waals surface area contributed by atoms with Crippen LogP contribution in [0.5, 0.6) is 0 Å². The van der Waals surface area contributed by atoms with Crippen LogP contribution in [0.15, 0.2) is 0 Å². The van der Waals surface area contributed by atoms with Crippen molar-refractivity contribution in [3.05, 3.63) is 0 Å². The van der Waals surface area contributed by atoms with Crippen LogP contribution >= 0.6 is 15.9 Å². The van der Waals surface area contributed by atoms with Crippen molar-refractivity contribution in [3.63, 3.8) is 0 Å². The molecule has 6 heteroatoms. The van der Waals surface area contributed by atoms with Crippen LogP contribution in [0, 0.1) is 0 Å². The van der Waals surface area contributed by atoms with Gasteiger partial charge in [0.2, 0.25) is 0 Å². The topological polar surface area (TPSA) is 71.4 Å². The molecule has 0 radical (unpaired) electrons. The van der Waals surface area contributed by atoms with Crippen molar-refractivity contribution >= 4 is 31.2 Å². The Balaban J connectivity index is 4.29. The molecule has 0 spiro atoms. The molecule has 0 amide bonds. The highest BCUT2D eigenvalue weighted by Gasteiger charge is 2.14. The van der Waals surface area contributed by atoms with Gasteiger partial charge in [-0.15, -0.1) is 0 Å². The van der Waals surface area contributed by atoms with Gasteiger partial charge in [-0.2, -0.15) is 8.42 Å². The minimum absolute atomic E-state index is 0.369. The third-order valence-electron chi connectivity index (χ3n) is 0.397. The van der Waals surface area contributed by atoms with Crippen molar-refractivity contribution in [2.75, 3.05) is 5.33 Å². The molecule has 0 aliphatic carbocycles. The summed E-state index contributed by atoms with van der Waals surface area (Å²) in [6.45, 7) is 0. The zero-order valence-corrected chi connectivity index (χ0v) is 6.07. The van der Waals surface area contributed by atoms with E-state index in [9.17, 15) is 13.2 Å². The molecule has 0 aliphatic heterocycles. The Hall–Kier alpha value is 0.0600. The molecule has 0 aromatic rings. The van der Waals surface area contributed by atoms with Gasteiger partial charge in [0.05, 0.1) is 5.33 Å². The largest absolute Gasteiger partial charge is 0.329 e. The molecule has 1 N–H and O–H groups in total. The van der Waals surface area contributed by atoms with Gasteiger partial charge in [0.15, 0.2) is 0 Å². The van der Waals surface area contributed by atoms with Crippen LogP contribution in [0.2, 0.25) is 0 Å². The zero-order valence-electron chi connectivity index (χ0n) is 3.67. The zero-order chi connectivity index (χ0) is 6.78. The van der Waals surface area contributed by atoms with E-state index in [1.807, 2.05) is 0 Å². The van der Waals surface area contributed by atoms with Crippen molar-refractivity contribution in [2.45, 2.75) is 0 Å². The third kappa shape index (κ3) is 2.39. The average Bonchev–Trinajstić information content (AvgIpc) is 1.62. The van der Waals surface area contributed by atoms with Gasteiger partial charge in [-0.3, -0.25) is 9.35 Å². The van der Waals surface area contributed by atoms with Crippen molar-refractivity contribution in [2.24, 2.45) is 0 Å². The van der Waals surface area contributed by atoms with E-state index in [2.05, 4.69) is 15.9 Å². The van der Waals surface area contributed by atoms with E-state index in [1.54, 1.807) is 0 Å². The Bertz CT molecular complexity index is 180. The molecule has 0 aliphatic rings. The van der Waals surface area contributed by atoms with Gasteiger partial charge in [-0.25, -0.2) is 0 Å². The summed E-state index contributed by atoms with van der Waals surface area (Å²) in [4.78, 5) is 9.95. The lowest BCUT2D eigenvalue weighted by molar-refractivity contribution is -0.110. The molecular weight excluding hydrogens is 200 g/mol. The van der Waals surface area contributed by atoms with Crippen LogP contribution in [-0.2, 0) is 14.9 Å². The maximum atomic E-state index is 9.95. The Morgan fingerprint density at radius 1 is 1.62 bits per heavy atom. The first-order valence-corrected chi connectivity index (χ1v) is 4.11. The molecule has 0 aromatic carbocycles. The van der Waals surface area contributed by atoms with Gasteiger partial charge >= 0.3 is 10.1 Å². The first-order valence-electron chi connectivity index (χ1n) is 1.54. The van der Waals surface area contributed by atoms with Crippen LogP contribution in [0.1, 0.15) is 0 Å². The Labute approximate surface area is 54.8 Å². The average molecular weight is 203 g/mol. The highest BCUT2D eigenvalue weighted by molar-refractivity contribution is 9.09. The third-order valence-corrected chi connectivity index (χ3v) is 2.00. The fraction of sp³-hybridized carbons (Fsp3) is 0.500. The number of hydrogen-bond donors (Lipinski definition) is 1. The number of hydrogen-bond acceptors (Lipinski definition) is 3. The van der Waals surface area contributed by atoms with Gasteiger partial charge in [-0.1, -0.05) is 15.9 Å². The summed E-state index contributed by atoms with van der Waals surface area (Å²) in [5.74, 6) is 0. The van der Waals surface area contributed by atoms with Gasteiger partial charge in [0.25, 0.3) is 5.12 Å². The number of alkyl halides is 1. The molecule has 48 valence electrons. The number of halogens is 1. The van der Waals surface area contributed by atoms with Gasteiger partial charge in [-0.05, 0) is 0 Å². The van der Waals surface area contributed by atoms with Crippen molar-refractivity contribution < 1.29 is 17.8 Å². The van der Waals surface area contributed by atoms with Crippen molar-refractivity contribution in [1.82, 2.24) is 0 Å². The summed E-state index contributed by atoms with van der Waals surface area (Å²) in [5, 5.41) is -1.59. The van der Waals surface area contributed by atoms with E-state index in [4.69, 9.17) is 4.55 Å². The first-order chi connectivity index (χ1) is 3.48. The summed E-state index contributed by atoms with van der Waals surface area (Å²) >= 11 is 2.56. The monoisotopic (exact) mass is 202 g/mol. The van der Waals surface area contributed by atoms with Crippen molar-refractivity contribution in [1.29, 1.82) is 0 Å². The molecule has 0 heterocycles.